The van der Waals surface area contributed by atoms with Crippen LogP contribution in [-0.2, 0) is 13.1 Å². The average molecular weight is 381 g/mol. The molecule has 146 valence electrons. The molecule has 1 atom stereocenters. The van der Waals surface area contributed by atoms with Crippen molar-refractivity contribution in [3.05, 3.63) is 36.0 Å². The molecule has 0 saturated carbocycles. The van der Waals surface area contributed by atoms with E-state index < -0.39 is 0 Å². The van der Waals surface area contributed by atoms with Gasteiger partial charge in [-0.2, -0.15) is 0 Å². The summed E-state index contributed by atoms with van der Waals surface area (Å²) >= 11 is 0. The highest BCUT2D eigenvalue weighted by Gasteiger charge is 2.25. The monoisotopic (exact) mass is 381 g/mol. The van der Waals surface area contributed by atoms with Crippen LogP contribution in [0.25, 0.3) is 11.2 Å². The van der Waals surface area contributed by atoms with Crippen LogP contribution in [0, 0.1) is 0 Å². The molecule has 3 aromatic heterocycles. The third kappa shape index (κ3) is 3.63. The summed E-state index contributed by atoms with van der Waals surface area (Å²) in [6.07, 6.45) is 5.23. The van der Waals surface area contributed by atoms with Crippen molar-refractivity contribution in [3.8, 4) is 0 Å². The van der Waals surface area contributed by atoms with Crippen molar-refractivity contribution in [3.63, 3.8) is 0 Å². The zero-order valence-corrected chi connectivity index (χ0v) is 15.7. The Morgan fingerprint density at radius 2 is 2.14 bits per heavy atom. The predicted molar refractivity (Wildman–Crippen MR) is 104 cm³/mol. The van der Waals surface area contributed by atoms with Crippen LogP contribution in [0.2, 0.25) is 0 Å². The SMILES string of the molecule is CCn1c(C(=O)NCc2ccc3nccnc3n2)nnc1N1CCCC(N)C1. The second kappa shape index (κ2) is 7.85. The maximum Gasteiger partial charge on any atom is 0.289 e. The number of carbonyl (C=O) groups is 1. The van der Waals surface area contributed by atoms with Gasteiger partial charge in [0, 0.05) is 38.1 Å². The van der Waals surface area contributed by atoms with Gasteiger partial charge in [0.25, 0.3) is 5.91 Å². The Kier molecular flexibility index (Phi) is 5.11. The highest BCUT2D eigenvalue weighted by atomic mass is 16.2. The first-order valence-corrected chi connectivity index (χ1v) is 9.44. The minimum atomic E-state index is -0.289. The van der Waals surface area contributed by atoms with Gasteiger partial charge >= 0.3 is 0 Å². The Bertz CT molecular complexity index is 986. The van der Waals surface area contributed by atoms with Crippen molar-refractivity contribution in [1.82, 2.24) is 35.0 Å². The van der Waals surface area contributed by atoms with Gasteiger partial charge in [0.2, 0.25) is 11.8 Å². The highest BCUT2D eigenvalue weighted by molar-refractivity contribution is 5.91. The van der Waals surface area contributed by atoms with Gasteiger partial charge in [0.05, 0.1) is 12.2 Å². The van der Waals surface area contributed by atoms with Crippen molar-refractivity contribution < 1.29 is 4.79 Å². The van der Waals surface area contributed by atoms with Gasteiger partial charge < -0.3 is 16.0 Å². The number of fused-ring (bicyclic) bond motifs is 1. The lowest BCUT2D eigenvalue weighted by molar-refractivity contribution is 0.0935. The second-order valence-electron chi connectivity index (χ2n) is 6.80. The summed E-state index contributed by atoms with van der Waals surface area (Å²) in [4.78, 5) is 27.6. The molecule has 10 heteroatoms. The number of nitrogens with one attached hydrogen (secondary N) is 1. The fourth-order valence-corrected chi connectivity index (χ4v) is 3.42. The molecule has 1 unspecified atom stereocenters. The smallest absolute Gasteiger partial charge is 0.289 e. The van der Waals surface area contributed by atoms with Crippen LogP contribution in [0.1, 0.15) is 36.1 Å². The van der Waals surface area contributed by atoms with E-state index in [1.807, 2.05) is 23.6 Å². The van der Waals surface area contributed by atoms with E-state index >= 15 is 0 Å². The molecular formula is C18H23N9O. The van der Waals surface area contributed by atoms with Gasteiger partial charge in [-0.3, -0.25) is 14.3 Å². The quantitative estimate of drug-likeness (QED) is 0.654. The molecule has 3 aromatic rings. The fourth-order valence-electron chi connectivity index (χ4n) is 3.42. The lowest BCUT2D eigenvalue weighted by Crippen LogP contribution is -2.44. The van der Waals surface area contributed by atoms with E-state index in [0.29, 0.717) is 29.4 Å². The number of amides is 1. The normalized spacial score (nSPS) is 17.1. The Labute approximate surface area is 162 Å². The Hall–Kier alpha value is -3.14. The number of nitrogens with zero attached hydrogens (tertiary/aromatic N) is 7. The molecule has 0 aliphatic carbocycles. The number of piperidine rings is 1. The Morgan fingerprint density at radius 3 is 2.96 bits per heavy atom. The van der Waals surface area contributed by atoms with Crippen LogP contribution in [0.15, 0.2) is 24.5 Å². The van der Waals surface area contributed by atoms with Crippen molar-refractivity contribution in [2.24, 2.45) is 5.73 Å². The first-order valence-electron chi connectivity index (χ1n) is 9.44. The number of nitrogens with two attached hydrogens (primary N) is 1. The van der Waals surface area contributed by atoms with E-state index in [1.165, 1.54) is 0 Å². The summed E-state index contributed by atoms with van der Waals surface area (Å²) in [5.74, 6) is 0.696. The van der Waals surface area contributed by atoms with Crippen LogP contribution in [0.5, 0.6) is 0 Å². The number of rotatable bonds is 5. The van der Waals surface area contributed by atoms with Crippen LogP contribution in [-0.4, -0.2) is 54.8 Å². The Balaban J connectivity index is 1.48. The molecule has 1 fully saturated rings. The molecule has 1 amide bonds. The summed E-state index contributed by atoms with van der Waals surface area (Å²) in [6.45, 7) is 4.43. The van der Waals surface area contributed by atoms with E-state index in [2.05, 4.69) is 35.4 Å². The number of pyridine rings is 1. The standard InChI is InChI=1S/C18H23N9O/c1-2-27-16(24-25-18(27)26-9-3-4-12(19)11-26)17(28)22-10-13-5-6-14-15(23-13)21-8-7-20-14/h5-8,12H,2-4,9-11,19H2,1H3,(H,22,28). The minimum absolute atomic E-state index is 0.120. The fraction of sp³-hybridized carbons (Fsp3) is 0.444. The van der Waals surface area contributed by atoms with E-state index in [0.717, 1.165) is 25.9 Å². The van der Waals surface area contributed by atoms with E-state index in [1.54, 1.807) is 12.4 Å². The second-order valence-corrected chi connectivity index (χ2v) is 6.80. The third-order valence-electron chi connectivity index (χ3n) is 4.81. The molecule has 1 aliphatic rings. The summed E-state index contributed by atoms with van der Waals surface area (Å²) in [6, 6.07) is 3.78. The number of anilines is 1. The average Bonchev–Trinajstić information content (AvgIpc) is 3.16. The molecule has 10 nitrogen and oxygen atoms in total. The predicted octanol–water partition coefficient (Wildman–Crippen LogP) is 0.494. The summed E-state index contributed by atoms with van der Waals surface area (Å²) in [7, 11) is 0. The molecule has 28 heavy (non-hydrogen) atoms. The molecule has 0 spiro atoms. The van der Waals surface area contributed by atoms with E-state index in [-0.39, 0.29) is 24.3 Å². The molecular weight excluding hydrogens is 358 g/mol. The van der Waals surface area contributed by atoms with Crippen LogP contribution >= 0.6 is 0 Å². The van der Waals surface area contributed by atoms with Gasteiger partial charge in [-0.05, 0) is 31.9 Å². The topological polar surface area (TPSA) is 128 Å². The summed E-state index contributed by atoms with van der Waals surface area (Å²) in [5.41, 5.74) is 8.04. The molecule has 1 saturated heterocycles. The number of aromatic nitrogens is 6. The Morgan fingerprint density at radius 1 is 1.29 bits per heavy atom. The lowest BCUT2D eigenvalue weighted by Gasteiger charge is -2.31. The molecule has 0 aromatic carbocycles. The van der Waals surface area contributed by atoms with E-state index in [9.17, 15) is 4.79 Å². The number of carbonyl (C=O) groups excluding carboxylic acids is 1. The first-order chi connectivity index (χ1) is 13.7. The first kappa shape index (κ1) is 18.2. The maximum absolute atomic E-state index is 12.7. The maximum atomic E-state index is 12.7. The van der Waals surface area contributed by atoms with Crippen LogP contribution < -0.4 is 16.0 Å². The summed E-state index contributed by atoms with van der Waals surface area (Å²) in [5, 5.41) is 11.2. The molecule has 4 rings (SSSR count). The van der Waals surface area contributed by atoms with Crippen LogP contribution in [0.3, 0.4) is 0 Å². The van der Waals surface area contributed by atoms with E-state index in [4.69, 9.17) is 5.73 Å². The zero-order chi connectivity index (χ0) is 19.5. The molecule has 3 N–H and O–H groups in total. The number of hydrogen-bond donors (Lipinski definition) is 2. The van der Waals surface area contributed by atoms with Crippen molar-refractivity contribution >= 4 is 23.0 Å². The minimum Gasteiger partial charge on any atom is -0.344 e. The zero-order valence-electron chi connectivity index (χ0n) is 15.7. The largest absolute Gasteiger partial charge is 0.344 e. The molecule has 4 heterocycles. The summed E-state index contributed by atoms with van der Waals surface area (Å²) < 4.78 is 1.83. The highest BCUT2D eigenvalue weighted by Crippen LogP contribution is 2.18. The van der Waals surface area contributed by atoms with Crippen molar-refractivity contribution in [2.45, 2.75) is 38.9 Å². The molecule has 1 aliphatic heterocycles. The van der Waals surface area contributed by atoms with Crippen molar-refractivity contribution in [1.29, 1.82) is 0 Å². The van der Waals surface area contributed by atoms with Gasteiger partial charge in [-0.1, -0.05) is 0 Å². The van der Waals surface area contributed by atoms with Gasteiger partial charge in [0.15, 0.2) is 5.65 Å². The van der Waals surface area contributed by atoms with Crippen molar-refractivity contribution in [2.75, 3.05) is 18.0 Å². The molecule has 0 radical (unpaired) electrons. The third-order valence-corrected chi connectivity index (χ3v) is 4.81. The lowest BCUT2D eigenvalue weighted by atomic mass is 10.1. The number of hydrogen-bond acceptors (Lipinski definition) is 8. The molecule has 0 bridgehead atoms. The van der Waals surface area contributed by atoms with Gasteiger partial charge in [0.1, 0.15) is 5.52 Å². The van der Waals surface area contributed by atoms with Gasteiger partial charge in [-0.25, -0.2) is 9.97 Å². The van der Waals surface area contributed by atoms with Crippen LogP contribution in [0.4, 0.5) is 5.95 Å². The van der Waals surface area contributed by atoms with Gasteiger partial charge in [-0.15, -0.1) is 10.2 Å².